The van der Waals surface area contributed by atoms with E-state index in [-0.39, 0.29) is 6.61 Å². The van der Waals surface area contributed by atoms with Crippen molar-refractivity contribution in [2.45, 2.75) is 12.1 Å². The number of aliphatic hydroxyl groups is 1. The normalized spacial score (nSPS) is 11.3. The zero-order valence-corrected chi connectivity index (χ0v) is 15.6. The number of aromatic nitrogens is 1. The van der Waals surface area contributed by atoms with E-state index in [1.54, 1.807) is 0 Å². The molecule has 0 spiro atoms. The number of nitrogens with zero attached hydrogens (tertiary/aromatic N) is 1. The molecule has 4 aromatic rings. The van der Waals surface area contributed by atoms with Gasteiger partial charge in [-0.2, -0.15) is 0 Å². The molecule has 1 heterocycles. The summed E-state index contributed by atoms with van der Waals surface area (Å²) in [5.74, 6) is 0. The van der Waals surface area contributed by atoms with Crippen LogP contribution in [0.5, 0.6) is 0 Å². The Morgan fingerprint density at radius 3 is 1.56 bits per heavy atom. The molecule has 0 fully saturated rings. The van der Waals surface area contributed by atoms with Crippen molar-refractivity contribution in [2.75, 3.05) is 5.32 Å². The van der Waals surface area contributed by atoms with Crippen molar-refractivity contribution in [1.82, 2.24) is 4.98 Å². The number of hydrogen-bond donors (Lipinski definition) is 2. The van der Waals surface area contributed by atoms with Crippen LogP contribution in [0.25, 0.3) is 0 Å². The summed E-state index contributed by atoms with van der Waals surface area (Å²) in [5, 5.41) is 15.8. The van der Waals surface area contributed by atoms with E-state index in [2.05, 4.69) is 83.1 Å². The third kappa shape index (κ3) is 3.37. The lowest BCUT2D eigenvalue weighted by Gasteiger charge is -2.36. The third-order valence-electron chi connectivity index (χ3n) is 4.63. The molecule has 0 saturated heterocycles. The maximum absolute atomic E-state index is 9.42. The van der Waals surface area contributed by atoms with E-state index < -0.39 is 5.54 Å². The van der Waals surface area contributed by atoms with Crippen molar-refractivity contribution in [3.05, 3.63) is 119 Å². The molecular formula is C23H20N2OS. The monoisotopic (exact) mass is 372 g/mol. The number of anilines is 1. The molecule has 0 atom stereocenters. The first kappa shape index (κ1) is 17.5. The minimum Gasteiger partial charge on any atom is -0.390 e. The van der Waals surface area contributed by atoms with Crippen molar-refractivity contribution in [3.63, 3.8) is 0 Å². The molecular weight excluding hydrogens is 352 g/mol. The van der Waals surface area contributed by atoms with Crippen molar-refractivity contribution in [1.29, 1.82) is 0 Å². The van der Waals surface area contributed by atoms with E-state index >= 15 is 0 Å². The van der Waals surface area contributed by atoms with Gasteiger partial charge in [-0.05, 0) is 16.7 Å². The van der Waals surface area contributed by atoms with Gasteiger partial charge < -0.3 is 10.4 Å². The summed E-state index contributed by atoms with van der Waals surface area (Å²) < 4.78 is 0. The molecule has 0 saturated carbocycles. The molecule has 0 amide bonds. The average Bonchev–Trinajstić information content (AvgIpc) is 3.21. The first-order valence-electron chi connectivity index (χ1n) is 8.83. The molecule has 1 aromatic heterocycles. The van der Waals surface area contributed by atoms with Gasteiger partial charge in [0.15, 0.2) is 5.13 Å². The molecule has 3 aromatic carbocycles. The topological polar surface area (TPSA) is 45.1 Å². The zero-order valence-electron chi connectivity index (χ0n) is 14.7. The molecule has 4 heteroatoms. The number of nitrogens with one attached hydrogen (secondary N) is 1. The molecule has 0 aliphatic heterocycles. The summed E-state index contributed by atoms with van der Waals surface area (Å²) in [6, 6.07) is 31.2. The van der Waals surface area contributed by atoms with Crippen molar-refractivity contribution in [3.8, 4) is 0 Å². The Bertz CT molecular complexity index is 888. The Kier molecular flexibility index (Phi) is 5.01. The molecule has 0 unspecified atom stereocenters. The number of hydrogen-bond acceptors (Lipinski definition) is 4. The number of thiazole rings is 1. The predicted octanol–water partition coefficient (Wildman–Crippen LogP) is 5.04. The highest BCUT2D eigenvalue weighted by atomic mass is 32.1. The highest BCUT2D eigenvalue weighted by Gasteiger charge is 2.37. The highest BCUT2D eigenvalue weighted by Crippen LogP contribution is 2.40. The first-order valence-corrected chi connectivity index (χ1v) is 9.71. The summed E-state index contributed by atoms with van der Waals surface area (Å²) >= 11 is 1.50. The lowest BCUT2D eigenvalue weighted by Crippen LogP contribution is -2.38. The van der Waals surface area contributed by atoms with Crippen LogP contribution < -0.4 is 5.32 Å². The fourth-order valence-electron chi connectivity index (χ4n) is 3.38. The summed E-state index contributed by atoms with van der Waals surface area (Å²) in [7, 11) is 0. The molecule has 0 bridgehead atoms. The van der Waals surface area contributed by atoms with Gasteiger partial charge in [0.25, 0.3) is 0 Å². The van der Waals surface area contributed by atoms with Crippen LogP contribution in [0.15, 0.2) is 96.4 Å². The molecule has 0 aliphatic carbocycles. The van der Waals surface area contributed by atoms with Gasteiger partial charge in [0.1, 0.15) is 5.54 Å². The van der Waals surface area contributed by atoms with Crippen LogP contribution in [0.3, 0.4) is 0 Å². The maximum Gasteiger partial charge on any atom is 0.184 e. The SMILES string of the molecule is OCc1csc(NC(c2ccccc2)(c2ccccc2)c2ccccc2)n1. The van der Waals surface area contributed by atoms with Crippen molar-refractivity contribution < 1.29 is 5.11 Å². The van der Waals surface area contributed by atoms with Crippen LogP contribution in [0, 0.1) is 0 Å². The maximum atomic E-state index is 9.42. The van der Waals surface area contributed by atoms with Crippen LogP contribution in [0.4, 0.5) is 5.13 Å². The Labute approximate surface area is 163 Å². The predicted molar refractivity (Wildman–Crippen MR) is 111 cm³/mol. The second-order valence-corrected chi connectivity index (χ2v) is 7.13. The number of rotatable bonds is 6. The van der Waals surface area contributed by atoms with Gasteiger partial charge >= 0.3 is 0 Å². The van der Waals surface area contributed by atoms with Gasteiger partial charge in [-0.3, -0.25) is 0 Å². The quantitative estimate of drug-likeness (QED) is 0.466. The second kappa shape index (κ2) is 7.74. The third-order valence-corrected chi connectivity index (χ3v) is 5.44. The highest BCUT2D eigenvalue weighted by molar-refractivity contribution is 7.13. The Balaban J connectivity index is 1.97. The Morgan fingerprint density at radius 1 is 0.741 bits per heavy atom. The Morgan fingerprint density at radius 2 is 1.19 bits per heavy atom. The van der Waals surface area contributed by atoms with Gasteiger partial charge in [0, 0.05) is 5.38 Å². The lowest BCUT2D eigenvalue weighted by atomic mass is 9.77. The summed E-state index contributed by atoms with van der Waals surface area (Å²) in [6.07, 6.45) is 0. The molecule has 3 nitrogen and oxygen atoms in total. The van der Waals surface area contributed by atoms with Crippen molar-refractivity contribution in [2.24, 2.45) is 0 Å². The minimum atomic E-state index is -0.589. The van der Waals surface area contributed by atoms with Gasteiger partial charge in [-0.25, -0.2) is 4.98 Å². The standard InChI is InChI=1S/C23H20N2OS/c26-16-21-17-27-22(24-21)25-23(18-10-4-1-5-11-18,19-12-6-2-7-13-19)20-14-8-3-9-15-20/h1-15,17,26H,16H2,(H,24,25). The van der Waals surface area contributed by atoms with E-state index in [9.17, 15) is 5.11 Å². The zero-order chi connectivity index (χ0) is 18.5. The molecule has 134 valence electrons. The van der Waals surface area contributed by atoms with Gasteiger partial charge in [0.05, 0.1) is 12.3 Å². The van der Waals surface area contributed by atoms with E-state index in [1.807, 2.05) is 23.6 Å². The summed E-state index contributed by atoms with van der Waals surface area (Å²) in [5.41, 5.74) is 3.47. The molecule has 2 N–H and O–H groups in total. The number of aliphatic hydroxyl groups excluding tert-OH is 1. The van der Waals surface area contributed by atoms with E-state index in [0.717, 1.165) is 21.8 Å². The van der Waals surface area contributed by atoms with E-state index in [1.165, 1.54) is 11.3 Å². The summed E-state index contributed by atoms with van der Waals surface area (Å²) in [4.78, 5) is 4.55. The largest absolute Gasteiger partial charge is 0.390 e. The van der Waals surface area contributed by atoms with Gasteiger partial charge in [-0.1, -0.05) is 91.0 Å². The second-order valence-electron chi connectivity index (χ2n) is 6.28. The van der Waals surface area contributed by atoms with Crippen LogP contribution in [-0.2, 0) is 12.1 Å². The first-order chi connectivity index (χ1) is 13.3. The molecule has 0 radical (unpaired) electrons. The molecule has 4 rings (SSSR count). The minimum absolute atomic E-state index is 0.0623. The number of benzene rings is 3. The smallest absolute Gasteiger partial charge is 0.184 e. The van der Waals surface area contributed by atoms with E-state index in [4.69, 9.17) is 0 Å². The molecule has 27 heavy (non-hydrogen) atoms. The van der Waals surface area contributed by atoms with Crippen LogP contribution >= 0.6 is 11.3 Å². The lowest BCUT2D eigenvalue weighted by molar-refractivity contribution is 0.278. The molecule has 0 aliphatic rings. The Hall–Kier alpha value is -2.95. The fourth-order valence-corrected chi connectivity index (χ4v) is 4.14. The summed E-state index contributed by atoms with van der Waals surface area (Å²) in [6.45, 7) is -0.0623. The average molecular weight is 372 g/mol. The van der Waals surface area contributed by atoms with Crippen molar-refractivity contribution >= 4 is 16.5 Å². The van der Waals surface area contributed by atoms with Gasteiger partial charge in [-0.15, -0.1) is 11.3 Å². The fraction of sp³-hybridized carbons (Fsp3) is 0.0870. The van der Waals surface area contributed by atoms with E-state index in [0.29, 0.717) is 5.69 Å². The van der Waals surface area contributed by atoms with Crippen LogP contribution in [0.2, 0.25) is 0 Å². The van der Waals surface area contributed by atoms with Crippen LogP contribution in [-0.4, -0.2) is 10.1 Å². The van der Waals surface area contributed by atoms with Gasteiger partial charge in [0.2, 0.25) is 0 Å². The van der Waals surface area contributed by atoms with Crippen LogP contribution in [0.1, 0.15) is 22.4 Å².